The number of unbranched alkanes of at least 4 members (excludes halogenated alkanes) is 2. The second-order valence-electron chi connectivity index (χ2n) is 8.45. The van der Waals surface area contributed by atoms with E-state index in [1.54, 1.807) is 0 Å². The van der Waals surface area contributed by atoms with Crippen molar-refractivity contribution in [1.29, 1.82) is 0 Å². The van der Waals surface area contributed by atoms with Gasteiger partial charge >= 0.3 is 11.9 Å². The van der Waals surface area contributed by atoms with E-state index in [9.17, 15) is 0 Å². The van der Waals surface area contributed by atoms with Crippen LogP contribution in [-0.2, 0) is 14.3 Å². The third kappa shape index (κ3) is 8.80. The predicted molar refractivity (Wildman–Crippen MR) is 135 cm³/mol. The number of methoxy groups -OCH3 is 1. The van der Waals surface area contributed by atoms with E-state index in [1.165, 1.54) is 56.6 Å². The second-order valence-corrected chi connectivity index (χ2v) is 8.45. The van der Waals surface area contributed by atoms with Gasteiger partial charge < -0.3 is 19.8 Å². The average Bonchev–Trinajstić information content (AvgIpc) is 2.86. The van der Waals surface area contributed by atoms with Gasteiger partial charge in [0.15, 0.2) is 0 Å². The molecule has 2 atom stereocenters. The van der Waals surface area contributed by atoms with Crippen molar-refractivity contribution in [2.45, 2.75) is 57.6 Å². The number of carbonyl (C=O) groups is 2. The standard InChI is InChI=1S/C25H36N2O.C2H2O4/c1-3-4-11-19-26-20-12-17-25(28-2)24(26)18-21-27(22-13-7-5-8-14-22)23-15-9-6-10-16-23;3-1(4)2(5)6/h5-10,13-16,24-25H,3-4,11-12,17-21H2,1-2H3;(H,3,4)(H,5,6)/t24-,25+;/m1./s1. The van der Waals surface area contributed by atoms with Crippen molar-refractivity contribution in [3.05, 3.63) is 60.7 Å². The van der Waals surface area contributed by atoms with Crippen LogP contribution < -0.4 is 4.90 Å². The van der Waals surface area contributed by atoms with Crippen LogP contribution in [0.4, 0.5) is 11.4 Å². The zero-order valence-electron chi connectivity index (χ0n) is 20.3. The summed E-state index contributed by atoms with van der Waals surface area (Å²) in [6.07, 6.45) is 7.80. The van der Waals surface area contributed by atoms with Crippen LogP contribution in [0.5, 0.6) is 0 Å². The molecule has 0 aliphatic carbocycles. The highest BCUT2D eigenvalue weighted by molar-refractivity contribution is 6.27. The zero-order chi connectivity index (χ0) is 24.8. The Hall–Kier alpha value is -2.90. The number of aliphatic carboxylic acids is 2. The lowest BCUT2D eigenvalue weighted by molar-refractivity contribution is -0.159. The minimum atomic E-state index is -1.82. The van der Waals surface area contributed by atoms with Crippen molar-refractivity contribution in [2.24, 2.45) is 0 Å². The Morgan fingerprint density at radius 1 is 0.971 bits per heavy atom. The largest absolute Gasteiger partial charge is 0.473 e. The molecule has 1 saturated heterocycles. The maximum absolute atomic E-state index is 9.10. The van der Waals surface area contributed by atoms with Crippen molar-refractivity contribution in [3.63, 3.8) is 0 Å². The van der Waals surface area contributed by atoms with Gasteiger partial charge in [-0.15, -0.1) is 0 Å². The third-order valence-electron chi connectivity index (χ3n) is 6.15. The zero-order valence-corrected chi connectivity index (χ0v) is 20.3. The Kier molecular flexibility index (Phi) is 12.1. The molecule has 0 spiro atoms. The lowest BCUT2D eigenvalue weighted by Crippen LogP contribution is -2.50. The van der Waals surface area contributed by atoms with E-state index in [0.717, 1.165) is 13.0 Å². The molecule has 0 unspecified atom stereocenters. The van der Waals surface area contributed by atoms with Gasteiger partial charge in [-0.05, 0) is 63.0 Å². The first-order valence-electron chi connectivity index (χ1n) is 12.1. The van der Waals surface area contributed by atoms with E-state index < -0.39 is 11.9 Å². The SMILES string of the molecule is CCCCCN1CCC[C@H](OC)[C@H]1CCN(c1ccccc1)c1ccccc1.O=C(O)C(=O)O. The minimum Gasteiger partial charge on any atom is -0.473 e. The molecule has 7 heteroatoms. The number of carboxylic acid groups (broad SMARTS) is 2. The normalized spacial score (nSPS) is 17.9. The van der Waals surface area contributed by atoms with E-state index in [0.29, 0.717) is 12.1 Å². The van der Waals surface area contributed by atoms with Gasteiger partial charge in [-0.25, -0.2) is 9.59 Å². The van der Waals surface area contributed by atoms with Gasteiger partial charge in [0.05, 0.1) is 6.10 Å². The molecule has 2 N–H and O–H groups in total. The smallest absolute Gasteiger partial charge is 0.414 e. The van der Waals surface area contributed by atoms with Gasteiger partial charge in [-0.1, -0.05) is 56.2 Å². The molecule has 1 fully saturated rings. The molecule has 2 aromatic carbocycles. The number of hydrogen-bond acceptors (Lipinski definition) is 5. The predicted octanol–water partition coefficient (Wildman–Crippen LogP) is 5.04. The van der Waals surface area contributed by atoms with Crippen LogP contribution in [-0.4, -0.2) is 65.9 Å². The van der Waals surface area contributed by atoms with Gasteiger partial charge in [0, 0.05) is 31.1 Å². The molecule has 2 aromatic rings. The highest BCUT2D eigenvalue weighted by Gasteiger charge is 2.31. The summed E-state index contributed by atoms with van der Waals surface area (Å²) in [6.45, 7) is 5.70. The molecular weight excluding hydrogens is 432 g/mol. The van der Waals surface area contributed by atoms with E-state index in [2.05, 4.69) is 77.4 Å². The van der Waals surface area contributed by atoms with Crippen LogP contribution in [0, 0.1) is 0 Å². The Bertz CT molecular complexity index is 795. The van der Waals surface area contributed by atoms with Crippen molar-refractivity contribution < 1.29 is 24.5 Å². The van der Waals surface area contributed by atoms with Gasteiger partial charge in [0.1, 0.15) is 0 Å². The molecule has 0 bridgehead atoms. The van der Waals surface area contributed by atoms with Crippen molar-refractivity contribution >= 4 is 23.3 Å². The van der Waals surface area contributed by atoms with E-state index >= 15 is 0 Å². The van der Waals surface area contributed by atoms with Crippen molar-refractivity contribution in [1.82, 2.24) is 4.90 Å². The number of hydrogen-bond donors (Lipinski definition) is 2. The maximum Gasteiger partial charge on any atom is 0.414 e. The highest BCUT2D eigenvalue weighted by Crippen LogP contribution is 2.28. The summed E-state index contributed by atoms with van der Waals surface area (Å²) in [6, 6.07) is 22.0. The average molecular weight is 471 g/mol. The Labute approximate surface area is 203 Å². The van der Waals surface area contributed by atoms with Crippen LogP contribution >= 0.6 is 0 Å². The van der Waals surface area contributed by atoms with Crippen molar-refractivity contribution in [2.75, 3.05) is 31.6 Å². The van der Waals surface area contributed by atoms with Gasteiger partial charge in [-0.2, -0.15) is 0 Å². The lowest BCUT2D eigenvalue weighted by atomic mass is 9.95. The first-order chi connectivity index (χ1) is 16.5. The molecule has 0 radical (unpaired) electrons. The number of ether oxygens (including phenoxy) is 1. The molecule has 3 rings (SSSR count). The first kappa shape index (κ1) is 27.3. The van der Waals surface area contributed by atoms with Crippen LogP contribution in [0.3, 0.4) is 0 Å². The van der Waals surface area contributed by atoms with Crippen LogP contribution in [0.25, 0.3) is 0 Å². The van der Waals surface area contributed by atoms with Crippen LogP contribution in [0.15, 0.2) is 60.7 Å². The Morgan fingerprint density at radius 2 is 1.53 bits per heavy atom. The van der Waals surface area contributed by atoms with Crippen molar-refractivity contribution in [3.8, 4) is 0 Å². The summed E-state index contributed by atoms with van der Waals surface area (Å²) in [4.78, 5) is 23.3. The fraction of sp³-hybridized carbons (Fsp3) is 0.481. The number of carboxylic acids is 2. The van der Waals surface area contributed by atoms with E-state index in [4.69, 9.17) is 24.5 Å². The van der Waals surface area contributed by atoms with Gasteiger partial charge in [-0.3, -0.25) is 4.90 Å². The molecule has 0 aromatic heterocycles. The van der Waals surface area contributed by atoms with E-state index in [1.807, 2.05) is 7.11 Å². The van der Waals surface area contributed by atoms with Gasteiger partial charge in [0.2, 0.25) is 0 Å². The number of piperidine rings is 1. The molecule has 186 valence electrons. The van der Waals surface area contributed by atoms with Crippen LogP contribution in [0.2, 0.25) is 0 Å². The maximum atomic E-state index is 9.10. The third-order valence-corrected chi connectivity index (χ3v) is 6.15. The molecule has 34 heavy (non-hydrogen) atoms. The number of benzene rings is 2. The highest BCUT2D eigenvalue weighted by atomic mass is 16.5. The van der Waals surface area contributed by atoms with Crippen LogP contribution in [0.1, 0.15) is 45.4 Å². The summed E-state index contributed by atoms with van der Waals surface area (Å²) >= 11 is 0. The second kappa shape index (κ2) is 15.1. The number of para-hydroxylation sites is 2. The number of rotatable bonds is 10. The molecule has 1 aliphatic rings. The molecular formula is C27H38N2O5. The number of anilines is 2. The minimum absolute atomic E-state index is 0.351. The quantitative estimate of drug-likeness (QED) is 0.371. The summed E-state index contributed by atoms with van der Waals surface area (Å²) in [5, 5.41) is 14.8. The molecule has 0 amide bonds. The molecule has 7 nitrogen and oxygen atoms in total. The topological polar surface area (TPSA) is 90.3 Å². The Morgan fingerprint density at radius 3 is 2.00 bits per heavy atom. The molecule has 1 aliphatic heterocycles. The number of nitrogens with zero attached hydrogens (tertiary/aromatic N) is 2. The fourth-order valence-electron chi connectivity index (χ4n) is 4.46. The van der Waals surface area contributed by atoms with E-state index in [-0.39, 0.29) is 0 Å². The summed E-state index contributed by atoms with van der Waals surface area (Å²) in [7, 11) is 1.89. The lowest BCUT2D eigenvalue weighted by Gasteiger charge is -2.42. The Balaban J connectivity index is 0.000000604. The monoisotopic (exact) mass is 470 g/mol. The molecule has 1 heterocycles. The fourth-order valence-corrected chi connectivity index (χ4v) is 4.46. The summed E-state index contributed by atoms with van der Waals surface area (Å²) < 4.78 is 5.92. The first-order valence-corrected chi connectivity index (χ1v) is 12.1. The van der Waals surface area contributed by atoms with Gasteiger partial charge in [0.25, 0.3) is 0 Å². The summed E-state index contributed by atoms with van der Waals surface area (Å²) in [5.41, 5.74) is 2.52. The molecule has 0 saturated carbocycles. The summed E-state index contributed by atoms with van der Waals surface area (Å²) in [5.74, 6) is -3.65. The number of likely N-dealkylation sites (tertiary alicyclic amines) is 1.